The topological polar surface area (TPSA) is 32.8 Å². The van der Waals surface area contributed by atoms with Crippen LogP contribution in [0.15, 0.2) is 24.3 Å². The summed E-state index contributed by atoms with van der Waals surface area (Å²) >= 11 is 0. The molecule has 1 heterocycles. The number of nitrogens with zero attached hydrogens (tertiary/aromatic N) is 2. The molecule has 0 bridgehead atoms. The minimum atomic E-state index is 0.180. The molecule has 0 aliphatic carbocycles. The molecule has 4 nitrogen and oxygen atoms in total. The molecule has 2 rings (SSSR count). The van der Waals surface area contributed by atoms with E-state index < -0.39 is 0 Å². The molecule has 0 amide bonds. The second-order valence-corrected chi connectivity index (χ2v) is 5.22. The van der Waals surface area contributed by atoms with Crippen LogP contribution in [-0.4, -0.2) is 62.0 Å². The van der Waals surface area contributed by atoms with Gasteiger partial charge in [0.05, 0.1) is 13.7 Å². The van der Waals surface area contributed by atoms with Crippen molar-refractivity contribution in [1.29, 1.82) is 0 Å². The third-order valence-corrected chi connectivity index (χ3v) is 3.82. The first kappa shape index (κ1) is 14.0. The molecular formula is C15H22N2O2. The fourth-order valence-electron chi connectivity index (χ4n) is 2.34. The molecule has 1 saturated heterocycles. The molecule has 104 valence electrons. The number of carbonyl (C=O) groups excluding carboxylic acids is 1. The van der Waals surface area contributed by atoms with Gasteiger partial charge in [0.1, 0.15) is 5.75 Å². The first-order valence-electron chi connectivity index (χ1n) is 6.70. The third-order valence-electron chi connectivity index (χ3n) is 3.82. The maximum absolute atomic E-state index is 12.2. The van der Waals surface area contributed by atoms with Crippen LogP contribution >= 0.6 is 0 Å². The van der Waals surface area contributed by atoms with Crippen LogP contribution in [0.4, 0.5) is 0 Å². The molecule has 1 atom stereocenters. The first-order valence-corrected chi connectivity index (χ1v) is 6.70. The number of carbonyl (C=O) groups is 1. The van der Waals surface area contributed by atoms with Gasteiger partial charge in [0, 0.05) is 31.2 Å². The zero-order valence-electron chi connectivity index (χ0n) is 11.9. The molecular weight excluding hydrogens is 240 g/mol. The van der Waals surface area contributed by atoms with Gasteiger partial charge in [-0.05, 0) is 38.2 Å². The van der Waals surface area contributed by atoms with Crippen LogP contribution in [0.25, 0.3) is 0 Å². The summed E-state index contributed by atoms with van der Waals surface area (Å²) in [5.74, 6) is 0.962. The summed E-state index contributed by atoms with van der Waals surface area (Å²) in [6, 6.07) is 7.85. The van der Waals surface area contributed by atoms with Gasteiger partial charge in [-0.15, -0.1) is 0 Å². The standard InChI is InChI=1S/C15H22N2O2/c1-12-10-17(9-8-16(12)2)11-15(18)13-4-6-14(19-3)7-5-13/h4-7,12H,8-11H2,1-3H3. The van der Waals surface area contributed by atoms with Gasteiger partial charge in [0.25, 0.3) is 0 Å². The summed E-state index contributed by atoms with van der Waals surface area (Å²) in [5, 5.41) is 0. The summed E-state index contributed by atoms with van der Waals surface area (Å²) in [6.07, 6.45) is 0. The highest BCUT2D eigenvalue weighted by molar-refractivity contribution is 5.97. The molecule has 1 fully saturated rings. The van der Waals surface area contributed by atoms with Crippen molar-refractivity contribution >= 4 is 5.78 Å². The number of rotatable bonds is 4. The van der Waals surface area contributed by atoms with E-state index in [9.17, 15) is 4.79 Å². The largest absolute Gasteiger partial charge is 0.497 e. The van der Waals surface area contributed by atoms with Gasteiger partial charge in [-0.1, -0.05) is 0 Å². The number of piperazine rings is 1. The van der Waals surface area contributed by atoms with Gasteiger partial charge in [0.2, 0.25) is 0 Å². The SMILES string of the molecule is COc1ccc(C(=O)CN2CCN(C)C(C)C2)cc1. The van der Waals surface area contributed by atoms with E-state index in [0.717, 1.165) is 30.9 Å². The third kappa shape index (κ3) is 3.55. The lowest BCUT2D eigenvalue weighted by Gasteiger charge is -2.37. The lowest BCUT2D eigenvalue weighted by molar-refractivity contribution is 0.0786. The highest BCUT2D eigenvalue weighted by atomic mass is 16.5. The zero-order valence-corrected chi connectivity index (χ0v) is 11.9. The van der Waals surface area contributed by atoms with E-state index in [1.54, 1.807) is 7.11 Å². The molecule has 0 saturated carbocycles. The van der Waals surface area contributed by atoms with Crippen molar-refractivity contribution in [3.8, 4) is 5.75 Å². The summed E-state index contributed by atoms with van der Waals surface area (Å²) < 4.78 is 5.10. The highest BCUT2D eigenvalue weighted by Crippen LogP contribution is 2.13. The lowest BCUT2D eigenvalue weighted by atomic mass is 10.1. The zero-order chi connectivity index (χ0) is 13.8. The van der Waals surface area contributed by atoms with Crippen LogP contribution < -0.4 is 4.74 Å². The Hall–Kier alpha value is -1.39. The highest BCUT2D eigenvalue weighted by Gasteiger charge is 2.22. The van der Waals surface area contributed by atoms with E-state index in [2.05, 4.69) is 23.8 Å². The number of benzene rings is 1. The summed E-state index contributed by atoms with van der Waals surface area (Å²) in [5.41, 5.74) is 0.757. The van der Waals surface area contributed by atoms with Gasteiger partial charge in [0.15, 0.2) is 5.78 Å². The van der Waals surface area contributed by atoms with Crippen LogP contribution in [-0.2, 0) is 0 Å². The van der Waals surface area contributed by atoms with Crippen molar-refractivity contribution in [2.45, 2.75) is 13.0 Å². The quantitative estimate of drug-likeness (QED) is 0.770. The van der Waals surface area contributed by atoms with Gasteiger partial charge in [-0.2, -0.15) is 0 Å². The van der Waals surface area contributed by atoms with E-state index >= 15 is 0 Å². The fourth-order valence-corrected chi connectivity index (χ4v) is 2.34. The van der Waals surface area contributed by atoms with Gasteiger partial charge in [-0.25, -0.2) is 0 Å². The Morgan fingerprint density at radius 2 is 2.00 bits per heavy atom. The first-order chi connectivity index (χ1) is 9.10. The van der Waals surface area contributed by atoms with E-state index in [-0.39, 0.29) is 5.78 Å². The van der Waals surface area contributed by atoms with E-state index in [4.69, 9.17) is 4.74 Å². The molecule has 1 aromatic carbocycles. The Morgan fingerprint density at radius 3 is 2.58 bits per heavy atom. The van der Waals surface area contributed by atoms with Crippen LogP contribution in [0.1, 0.15) is 17.3 Å². The van der Waals surface area contributed by atoms with E-state index in [1.165, 1.54) is 0 Å². The van der Waals surface area contributed by atoms with Gasteiger partial charge in [-0.3, -0.25) is 9.69 Å². The number of hydrogen-bond acceptors (Lipinski definition) is 4. The number of Topliss-reactive ketones (excluding diaryl/α,β-unsaturated/α-hetero) is 1. The molecule has 19 heavy (non-hydrogen) atoms. The Morgan fingerprint density at radius 1 is 1.32 bits per heavy atom. The lowest BCUT2D eigenvalue weighted by Crippen LogP contribution is -2.51. The number of ketones is 1. The average Bonchev–Trinajstić information content (AvgIpc) is 2.43. The van der Waals surface area contributed by atoms with Crippen LogP contribution in [0.5, 0.6) is 5.75 Å². The molecule has 0 spiro atoms. The summed E-state index contributed by atoms with van der Waals surface area (Å²) in [7, 11) is 3.76. The maximum Gasteiger partial charge on any atom is 0.176 e. The normalized spacial score (nSPS) is 21.3. The van der Waals surface area contributed by atoms with Crippen molar-refractivity contribution in [1.82, 2.24) is 9.80 Å². The molecule has 1 aliphatic rings. The predicted molar refractivity (Wildman–Crippen MR) is 75.9 cm³/mol. The predicted octanol–water partition coefficient (Wildman–Crippen LogP) is 1.51. The summed E-state index contributed by atoms with van der Waals surface area (Å²) in [6.45, 7) is 5.65. The second-order valence-electron chi connectivity index (χ2n) is 5.22. The molecule has 4 heteroatoms. The maximum atomic E-state index is 12.2. The Bertz CT molecular complexity index is 430. The Balaban J connectivity index is 1.93. The van der Waals surface area contributed by atoms with E-state index in [0.29, 0.717) is 12.6 Å². The Kier molecular flexibility index (Phi) is 4.56. The van der Waals surface area contributed by atoms with Crippen LogP contribution in [0.2, 0.25) is 0 Å². The monoisotopic (exact) mass is 262 g/mol. The summed E-state index contributed by atoms with van der Waals surface area (Å²) in [4.78, 5) is 16.8. The molecule has 0 radical (unpaired) electrons. The molecule has 1 aliphatic heterocycles. The van der Waals surface area contributed by atoms with Crippen molar-refractivity contribution < 1.29 is 9.53 Å². The minimum Gasteiger partial charge on any atom is -0.497 e. The van der Waals surface area contributed by atoms with Gasteiger partial charge >= 0.3 is 0 Å². The van der Waals surface area contributed by atoms with Crippen LogP contribution in [0.3, 0.4) is 0 Å². The number of likely N-dealkylation sites (N-methyl/N-ethyl adjacent to an activating group) is 1. The van der Waals surface area contributed by atoms with Gasteiger partial charge < -0.3 is 9.64 Å². The van der Waals surface area contributed by atoms with Crippen molar-refractivity contribution in [3.05, 3.63) is 29.8 Å². The average molecular weight is 262 g/mol. The van der Waals surface area contributed by atoms with Crippen LogP contribution in [0, 0.1) is 0 Å². The number of ether oxygens (including phenoxy) is 1. The van der Waals surface area contributed by atoms with Crippen molar-refractivity contribution in [2.24, 2.45) is 0 Å². The minimum absolute atomic E-state index is 0.180. The molecule has 0 aromatic heterocycles. The second kappa shape index (κ2) is 6.17. The van der Waals surface area contributed by atoms with Crippen molar-refractivity contribution in [2.75, 3.05) is 40.3 Å². The number of methoxy groups -OCH3 is 1. The fraction of sp³-hybridized carbons (Fsp3) is 0.533. The Labute approximate surface area is 115 Å². The molecule has 1 unspecified atom stereocenters. The molecule has 1 aromatic rings. The number of hydrogen-bond donors (Lipinski definition) is 0. The molecule has 0 N–H and O–H groups in total. The van der Waals surface area contributed by atoms with E-state index in [1.807, 2.05) is 24.3 Å². The smallest absolute Gasteiger partial charge is 0.176 e. The van der Waals surface area contributed by atoms with Crippen molar-refractivity contribution in [3.63, 3.8) is 0 Å².